The highest BCUT2D eigenvalue weighted by Gasteiger charge is 2.53. The molecule has 0 spiro atoms. The summed E-state index contributed by atoms with van der Waals surface area (Å²) >= 11 is 0. The highest BCUT2D eigenvalue weighted by Crippen LogP contribution is 2.47. The molecule has 1 aromatic rings. The van der Waals surface area contributed by atoms with E-state index < -0.39 is 11.0 Å². The quantitative estimate of drug-likeness (QED) is 0.868. The molecule has 0 bridgehead atoms. The Kier molecular flexibility index (Phi) is 4.52. The average molecular weight is 277 g/mol. The van der Waals surface area contributed by atoms with E-state index in [2.05, 4.69) is 18.2 Å². The van der Waals surface area contributed by atoms with Crippen LogP contribution in [0.15, 0.2) is 24.3 Å². The van der Waals surface area contributed by atoms with Crippen LogP contribution < -0.4 is 5.73 Å². The Morgan fingerprint density at radius 2 is 2.10 bits per heavy atom. The van der Waals surface area contributed by atoms with Crippen molar-refractivity contribution in [1.82, 2.24) is 0 Å². The summed E-state index contributed by atoms with van der Waals surface area (Å²) in [7, 11) is 1.65. The van der Waals surface area contributed by atoms with Crippen LogP contribution in [0.25, 0.3) is 0 Å². The summed E-state index contributed by atoms with van der Waals surface area (Å²) in [6, 6.07) is 8.40. The van der Waals surface area contributed by atoms with Crippen LogP contribution in [0.5, 0.6) is 0 Å². The lowest BCUT2D eigenvalue weighted by Gasteiger charge is -2.52. The normalized spacial score (nSPS) is 25.3. The Hall–Kier alpha value is -0.900. The van der Waals surface area contributed by atoms with E-state index in [-0.39, 0.29) is 5.92 Å². The smallest absolute Gasteiger partial charge is 0.101 e. The molecule has 0 aliphatic heterocycles. The molecule has 3 nitrogen and oxygen atoms in total. The Morgan fingerprint density at radius 3 is 2.70 bits per heavy atom. The molecule has 0 amide bonds. The van der Waals surface area contributed by atoms with E-state index in [1.54, 1.807) is 7.11 Å². The fourth-order valence-electron chi connectivity index (χ4n) is 3.84. The van der Waals surface area contributed by atoms with Gasteiger partial charge in [0.15, 0.2) is 0 Å². The van der Waals surface area contributed by atoms with Crippen LogP contribution >= 0.6 is 0 Å². The van der Waals surface area contributed by atoms with E-state index in [1.165, 1.54) is 11.1 Å². The van der Waals surface area contributed by atoms with Gasteiger partial charge in [-0.15, -0.1) is 0 Å². The third kappa shape index (κ3) is 2.18. The maximum atomic E-state index is 11.4. The predicted molar refractivity (Wildman–Crippen MR) is 81.8 cm³/mol. The minimum absolute atomic E-state index is 0.0807. The van der Waals surface area contributed by atoms with Crippen LogP contribution in [0, 0.1) is 5.92 Å². The molecule has 0 saturated carbocycles. The van der Waals surface area contributed by atoms with Gasteiger partial charge in [-0.3, -0.25) is 0 Å². The van der Waals surface area contributed by atoms with Crippen LogP contribution in [0.3, 0.4) is 0 Å². The highest BCUT2D eigenvalue weighted by molar-refractivity contribution is 5.40. The van der Waals surface area contributed by atoms with Gasteiger partial charge >= 0.3 is 0 Å². The van der Waals surface area contributed by atoms with Gasteiger partial charge in [0.05, 0.1) is 6.61 Å². The van der Waals surface area contributed by atoms with Gasteiger partial charge in [-0.2, -0.15) is 0 Å². The van der Waals surface area contributed by atoms with Crippen molar-refractivity contribution in [3.8, 4) is 0 Å². The third-order valence-electron chi connectivity index (χ3n) is 5.08. The summed E-state index contributed by atoms with van der Waals surface area (Å²) in [5, 5.41) is 11.4. The van der Waals surface area contributed by atoms with Crippen LogP contribution in [0.1, 0.15) is 37.8 Å². The second kappa shape index (κ2) is 5.84. The summed E-state index contributed by atoms with van der Waals surface area (Å²) in [6.07, 6.45) is 3.05. The van der Waals surface area contributed by atoms with Crippen molar-refractivity contribution in [3.05, 3.63) is 35.4 Å². The molecule has 2 atom stereocenters. The van der Waals surface area contributed by atoms with Gasteiger partial charge in [-0.05, 0) is 36.3 Å². The lowest BCUT2D eigenvalue weighted by Crippen LogP contribution is -2.62. The molecule has 1 aromatic carbocycles. The number of hydrogen-bond acceptors (Lipinski definition) is 3. The minimum Gasteiger partial charge on any atom is -0.386 e. The first-order chi connectivity index (χ1) is 9.52. The Bertz CT molecular complexity index is 460. The molecule has 0 saturated heterocycles. The molecule has 3 N–H and O–H groups in total. The van der Waals surface area contributed by atoms with Crippen LogP contribution in [-0.4, -0.2) is 31.0 Å². The Labute approximate surface area is 122 Å². The van der Waals surface area contributed by atoms with Gasteiger partial charge in [0.1, 0.15) is 5.60 Å². The summed E-state index contributed by atoms with van der Waals surface area (Å²) < 4.78 is 5.36. The van der Waals surface area contributed by atoms with Crippen LogP contribution in [0.2, 0.25) is 0 Å². The van der Waals surface area contributed by atoms with E-state index in [9.17, 15) is 5.11 Å². The first kappa shape index (κ1) is 15.5. The summed E-state index contributed by atoms with van der Waals surface area (Å²) in [6.45, 7) is 4.86. The summed E-state index contributed by atoms with van der Waals surface area (Å²) in [4.78, 5) is 0. The molecule has 0 radical (unpaired) electrons. The number of hydrogen-bond donors (Lipinski definition) is 2. The largest absolute Gasteiger partial charge is 0.386 e. The number of aryl methyl sites for hydroxylation is 1. The molecule has 1 aliphatic carbocycles. The second-order valence-corrected chi connectivity index (χ2v) is 6.31. The average Bonchev–Trinajstić information content (AvgIpc) is 2.46. The van der Waals surface area contributed by atoms with Crippen LogP contribution in [-0.2, 0) is 16.6 Å². The molecule has 2 unspecified atom stereocenters. The van der Waals surface area contributed by atoms with Gasteiger partial charge in [0.2, 0.25) is 0 Å². The topological polar surface area (TPSA) is 55.5 Å². The Balaban J connectivity index is 2.60. The molecule has 0 fully saturated rings. The van der Waals surface area contributed by atoms with Gasteiger partial charge in [0.25, 0.3) is 0 Å². The standard InChI is InChI=1S/C17H27NO2/c1-13(2)17(19,12-20-3)16(11-18)10-6-8-14-7-4-5-9-15(14)16/h4-5,7,9,13,19H,6,8,10-12,18H2,1-3H3. The zero-order valence-corrected chi connectivity index (χ0v) is 12.9. The molecule has 0 heterocycles. The van der Waals surface area contributed by atoms with Crippen molar-refractivity contribution in [2.75, 3.05) is 20.3 Å². The number of fused-ring (bicyclic) bond motifs is 1. The minimum atomic E-state index is -0.937. The highest BCUT2D eigenvalue weighted by atomic mass is 16.5. The molecule has 20 heavy (non-hydrogen) atoms. The van der Waals surface area contributed by atoms with Crippen molar-refractivity contribution < 1.29 is 9.84 Å². The molecule has 1 aliphatic rings. The zero-order valence-electron chi connectivity index (χ0n) is 12.9. The fraction of sp³-hybridized carbons (Fsp3) is 0.647. The van der Waals surface area contributed by atoms with E-state index in [1.807, 2.05) is 19.9 Å². The summed E-state index contributed by atoms with van der Waals surface area (Å²) in [5.41, 5.74) is 7.37. The number of benzene rings is 1. The third-order valence-corrected chi connectivity index (χ3v) is 5.08. The number of methoxy groups -OCH3 is 1. The van der Waals surface area contributed by atoms with E-state index in [4.69, 9.17) is 10.5 Å². The van der Waals surface area contributed by atoms with Gasteiger partial charge in [-0.25, -0.2) is 0 Å². The van der Waals surface area contributed by atoms with Crippen LogP contribution in [0.4, 0.5) is 0 Å². The molecule has 112 valence electrons. The summed E-state index contributed by atoms with van der Waals surface area (Å²) in [5.74, 6) is 0.0807. The zero-order chi connectivity index (χ0) is 14.8. The number of ether oxygens (including phenoxy) is 1. The lowest BCUT2D eigenvalue weighted by molar-refractivity contribution is -0.124. The molecule has 2 rings (SSSR count). The number of aliphatic hydroxyl groups is 1. The SMILES string of the molecule is COCC(O)(C(C)C)C1(CN)CCCc2ccccc21. The van der Waals surface area contributed by atoms with Gasteiger partial charge in [0, 0.05) is 19.1 Å². The molecule has 3 heteroatoms. The van der Waals surface area contributed by atoms with E-state index in [0.717, 1.165) is 19.3 Å². The van der Waals surface area contributed by atoms with Gasteiger partial charge < -0.3 is 15.6 Å². The van der Waals surface area contributed by atoms with E-state index >= 15 is 0 Å². The van der Waals surface area contributed by atoms with Crippen molar-refractivity contribution >= 4 is 0 Å². The molecular weight excluding hydrogens is 250 g/mol. The first-order valence-electron chi connectivity index (χ1n) is 7.51. The van der Waals surface area contributed by atoms with Crippen molar-refractivity contribution in [2.24, 2.45) is 11.7 Å². The fourth-order valence-corrected chi connectivity index (χ4v) is 3.84. The van der Waals surface area contributed by atoms with Crippen molar-refractivity contribution in [2.45, 2.75) is 44.1 Å². The second-order valence-electron chi connectivity index (χ2n) is 6.31. The first-order valence-corrected chi connectivity index (χ1v) is 7.51. The number of rotatable bonds is 5. The molecule has 0 aromatic heterocycles. The van der Waals surface area contributed by atoms with Gasteiger partial charge in [-0.1, -0.05) is 38.1 Å². The lowest BCUT2D eigenvalue weighted by atomic mass is 9.57. The van der Waals surface area contributed by atoms with Crippen molar-refractivity contribution in [1.29, 1.82) is 0 Å². The maximum Gasteiger partial charge on any atom is 0.101 e. The number of nitrogens with two attached hydrogens (primary N) is 1. The maximum absolute atomic E-state index is 11.4. The van der Waals surface area contributed by atoms with Crippen molar-refractivity contribution in [3.63, 3.8) is 0 Å². The monoisotopic (exact) mass is 277 g/mol. The predicted octanol–water partition coefficient (Wildman–Crippen LogP) is 2.25. The Morgan fingerprint density at radius 1 is 1.40 bits per heavy atom. The molecular formula is C17H27NO2. The van der Waals surface area contributed by atoms with E-state index in [0.29, 0.717) is 13.2 Å².